The molecule has 1 aromatic heterocycles. The Hall–Kier alpha value is -1.67. The molecule has 2 heterocycles. The van der Waals surface area contributed by atoms with Crippen LogP contribution in [-0.2, 0) is 12.8 Å². The molecule has 5 heteroatoms. The Labute approximate surface area is 114 Å². The lowest BCUT2D eigenvalue weighted by Crippen LogP contribution is -2.37. The van der Waals surface area contributed by atoms with E-state index in [1.807, 2.05) is 13.8 Å². The van der Waals surface area contributed by atoms with Gasteiger partial charge in [0.2, 0.25) is 0 Å². The van der Waals surface area contributed by atoms with E-state index in [1.54, 1.807) is 0 Å². The fourth-order valence-corrected chi connectivity index (χ4v) is 2.43. The van der Waals surface area contributed by atoms with Crippen LogP contribution in [0.4, 0.5) is 0 Å². The van der Waals surface area contributed by atoms with Crippen LogP contribution in [0, 0.1) is 11.3 Å². The van der Waals surface area contributed by atoms with Gasteiger partial charge in [0.15, 0.2) is 0 Å². The van der Waals surface area contributed by atoms with E-state index < -0.39 is 0 Å². The van der Waals surface area contributed by atoms with Crippen molar-refractivity contribution in [2.24, 2.45) is 0 Å². The van der Waals surface area contributed by atoms with Crippen molar-refractivity contribution in [2.45, 2.75) is 45.6 Å². The molecule has 1 aliphatic rings. The Morgan fingerprint density at radius 3 is 2.79 bits per heavy atom. The molecule has 1 saturated heterocycles. The predicted molar refractivity (Wildman–Crippen MR) is 72.0 cm³/mol. The zero-order valence-corrected chi connectivity index (χ0v) is 11.6. The lowest BCUT2D eigenvalue weighted by atomic mass is 10.0. The van der Waals surface area contributed by atoms with Crippen LogP contribution in [0.2, 0.25) is 0 Å². The molecule has 1 atom stereocenters. The van der Waals surface area contributed by atoms with E-state index in [1.165, 1.54) is 0 Å². The van der Waals surface area contributed by atoms with E-state index in [4.69, 9.17) is 4.74 Å². The van der Waals surface area contributed by atoms with Crippen LogP contribution >= 0.6 is 0 Å². The number of aromatic nitrogens is 2. The zero-order chi connectivity index (χ0) is 13.7. The summed E-state index contributed by atoms with van der Waals surface area (Å²) in [6, 6.07) is 2.23. The van der Waals surface area contributed by atoms with E-state index in [2.05, 4.69) is 21.6 Å². The van der Waals surface area contributed by atoms with Crippen LogP contribution in [0.1, 0.15) is 43.5 Å². The van der Waals surface area contributed by atoms with Gasteiger partial charge in [0.1, 0.15) is 17.7 Å². The monoisotopic (exact) mass is 260 g/mol. The first-order valence-electron chi connectivity index (χ1n) is 6.96. The van der Waals surface area contributed by atoms with Crippen molar-refractivity contribution in [3.05, 3.63) is 16.8 Å². The molecule has 0 saturated carbocycles. The number of nitrogens with one attached hydrogen (secondary N) is 1. The summed E-state index contributed by atoms with van der Waals surface area (Å²) in [4.78, 5) is 0. The van der Waals surface area contributed by atoms with E-state index >= 15 is 0 Å². The van der Waals surface area contributed by atoms with Gasteiger partial charge in [-0.3, -0.25) is 0 Å². The normalized spacial score (nSPS) is 18.9. The number of piperidine rings is 1. The minimum atomic E-state index is 0.0901. The highest BCUT2D eigenvalue weighted by atomic mass is 16.5. The lowest BCUT2D eigenvalue weighted by Gasteiger charge is -2.24. The van der Waals surface area contributed by atoms with Gasteiger partial charge in [-0.25, -0.2) is 0 Å². The van der Waals surface area contributed by atoms with Crippen molar-refractivity contribution >= 4 is 0 Å². The Kier molecular flexibility index (Phi) is 4.69. The van der Waals surface area contributed by atoms with Crippen LogP contribution in [-0.4, -0.2) is 29.4 Å². The van der Waals surface area contributed by atoms with Crippen molar-refractivity contribution in [1.29, 1.82) is 5.26 Å². The second-order valence-corrected chi connectivity index (χ2v) is 4.71. The number of nitriles is 1. The van der Waals surface area contributed by atoms with Crippen molar-refractivity contribution < 1.29 is 4.74 Å². The molecule has 0 radical (unpaired) electrons. The predicted octanol–water partition coefficient (Wildman–Crippen LogP) is 1.60. The highest BCUT2D eigenvalue weighted by Crippen LogP contribution is 2.23. The van der Waals surface area contributed by atoms with Gasteiger partial charge in [-0.05, 0) is 37.8 Å². The molecule has 1 aromatic rings. The second kappa shape index (κ2) is 6.48. The average molecular weight is 260 g/mol. The number of aryl methyl sites for hydroxylation is 1. The Bertz CT molecular complexity index is 475. The highest BCUT2D eigenvalue weighted by molar-refractivity contribution is 5.46. The minimum Gasteiger partial charge on any atom is -0.471 e. The number of hydrogen-bond acceptors (Lipinski definition) is 5. The van der Waals surface area contributed by atoms with Crippen molar-refractivity contribution in [3.8, 4) is 11.9 Å². The topological polar surface area (TPSA) is 70.8 Å². The second-order valence-electron chi connectivity index (χ2n) is 4.71. The first-order valence-corrected chi connectivity index (χ1v) is 6.96. The third kappa shape index (κ3) is 3.02. The molecule has 1 aliphatic heterocycles. The fraction of sp³-hybridized carbons (Fsp3) is 0.643. The summed E-state index contributed by atoms with van der Waals surface area (Å²) in [5, 5.41) is 21.0. The first-order chi connectivity index (χ1) is 9.30. The van der Waals surface area contributed by atoms with Gasteiger partial charge in [-0.2, -0.15) is 10.4 Å². The third-order valence-corrected chi connectivity index (χ3v) is 3.46. The number of rotatable bonds is 4. The molecule has 0 spiro atoms. The molecular weight excluding hydrogens is 240 g/mol. The summed E-state index contributed by atoms with van der Waals surface area (Å²) in [5.41, 5.74) is 2.42. The van der Waals surface area contributed by atoms with Crippen LogP contribution in [0.5, 0.6) is 5.88 Å². The molecule has 102 valence electrons. The maximum absolute atomic E-state index is 9.37. The zero-order valence-electron chi connectivity index (χ0n) is 11.6. The minimum absolute atomic E-state index is 0.0901. The third-order valence-electron chi connectivity index (χ3n) is 3.46. The Balaban J connectivity index is 2.27. The van der Waals surface area contributed by atoms with Gasteiger partial charge in [0.05, 0.1) is 5.69 Å². The molecule has 0 bridgehead atoms. The lowest BCUT2D eigenvalue weighted by molar-refractivity contribution is 0.158. The largest absolute Gasteiger partial charge is 0.471 e. The van der Waals surface area contributed by atoms with Gasteiger partial charge < -0.3 is 10.1 Å². The van der Waals surface area contributed by atoms with E-state index in [0.29, 0.717) is 11.4 Å². The van der Waals surface area contributed by atoms with E-state index in [-0.39, 0.29) is 6.10 Å². The number of hydrogen-bond donors (Lipinski definition) is 1. The SMILES string of the molecule is CCc1nnc(O[C@H]2CCCNC2)c(C#N)c1CC. The molecule has 5 nitrogen and oxygen atoms in total. The van der Waals surface area contributed by atoms with Crippen molar-refractivity contribution in [3.63, 3.8) is 0 Å². The molecule has 0 amide bonds. The Morgan fingerprint density at radius 2 is 2.21 bits per heavy atom. The molecule has 0 aromatic carbocycles. The van der Waals surface area contributed by atoms with Gasteiger partial charge in [-0.1, -0.05) is 13.8 Å². The average Bonchev–Trinajstić information content (AvgIpc) is 2.47. The molecule has 0 aliphatic carbocycles. The summed E-state index contributed by atoms with van der Waals surface area (Å²) in [6.45, 7) is 5.90. The standard InChI is InChI=1S/C14H20N4O/c1-3-11-12(8-15)14(18-17-13(11)4-2)19-10-6-5-7-16-9-10/h10,16H,3-7,9H2,1-2H3/t10-/m0/s1. The molecular formula is C14H20N4O. The maximum atomic E-state index is 9.37. The number of ether oxygens (including phenoxy) is 1. The summed E-state index contributed by atoms with van der Waals surface area (Å²) < 4.78 is 5.86. The molecule has 1 N–H and O–H groups in total. The summed E-state index contributed by atoms with van der Waals surface area (Å²) in [5.74, 6) is 0.394. The summed E-state index contributed by atoms with van der Waals surface area (Å²) in [7, 11) is 0. The van der Waals surface area contributed by atoms with Crippen molar-refractivity contribution in [2.75, 3.05) is 13.1 Å². The van der Waals surface area contributed by atoms with Crippen molar-refractivity contribution in [1.82, 2.24) is 15.5 Å². The summed E-state index contributed by atoms with van der Waals surface area (Å²) >= 11 is 0. The summed E-state index contributed by atoms with van der Waals surface area (Å²) in [6.07, 6.45) is 3.74. The van der Waals surface area contributed by atoms with E-state index in [0.717, 1.165) is 50.0 Å². The smallest absolute Gasteiger partial charge is 0.252 e. The van der Waals surface area contributed by atoms with Gasteiger partial charge in [0, 0.05) is 6.54 Å². The fourth-order valence-electron chi connectivity index (χ4n) is 2.43. The van der Waals surface area contributed by atoms with E-state index in [9.17, 15) is 5.26 Å². The maximum Gasteiger partial charge on any atom is 0.252 e. The molecule has 19 heavy (non-hydrogen) atoms. The van der Waals surface area contributed by atoms with Crippen LogP contribution < -0.4 is 10.1 Å². The first kappa shape index (κ1) is 13.8. The van der Waals surface area contributed by atoms with Crippen LogP contribution in [0.25, 0.3) is 0 Å². The van der Waals surface area contributed by atoms with Gasteiger partial charge in [-0.15, -0.1) is 5.10 Å². The van der Waals surface area contributed by atoms with Crippen LogP contribution in [0.15, 0.2) is 0 Å². The van der Waals surface area contributed by atoms with Crippen LogP contribution in [0.3, 0.4) is 0 Å². The van der Waals surface area contributed by atoms with Gasteiger partial charge in [0.25, 0.3) is 5.88 Å². The van der Waals surface area contributed by atoms with Gasteiger partial charge >= 0.3 is 0 Å². The molecule has 0 unspecified atom stereocenters. The molecule has 1 fully saturated rings. The molecule has 2 rings (SSSR count). The highest BCUT2D eigenvalue weighted by Gasteiger charge is 2.20. The Morgan fingerprint density at radius 1 is 1.37 bits per heavy atom. The quantitative estimate of drug-likeness (QED) is 0.890. The number of nitrogens with zero attached hydrogens (tertiary/aromatic N) is 3.